The molecule has 2 atom stereocenters. The summed E-state index contributed by atoms with van der Waals surface area (Å²) in [6, 6.07) is 14.7. The molecule has 1 unspecified atom stereocenters. The summed E-state index contributed by atoms with van der Waals surface area (Å²) < 4.78 is 17.2. The third kappa shape index (κ3) is 7.09. The summed E-state index contributed by atoms with van der Waals surface area (Å²) >= 11 is 13.4. The molecule has 0 amide bonds. The number of nitrogens with zero attached hydrogens (tertiary/aromatic N) is 1. The van der Waals surface area contributed by atoms with Crippen LogP contribution < -0.4 is 14.8 Å². The van der Waals surface area contributed by atoms with Gasteiger partial charge in [-0.2, -0.15) is 0 Å². The van der Waals surface area contributed by atoms with Crippen LogP contribution >= 0.6 is 23.2 Å². The maximum atomic E-state index is 11.7. The van der Waals surface area contributed by atoms with Crippen LogP contribution in [0.2, 0.25) is 10.0 Å². The van der Waals surface area contributed by atoms with E-state index in [1.807, 2.05) is 43.3 Å². The number of phenols is 1. The zero-order valence-corrected chi connectivity index (χ0v) is 24.9. The predicted molar refractivity (Wildman–Crippen MR) is 161 cm³/mol. The maximum Gasteiger partial charge on any atom is 0.323 e. The van der Waals surface area contributed by atoms with Gasteiger partial charge in [0.1, 0.15) is 29.9 Å². The van der Waals surface area contributed by atoms with Gasteiger partial charge < -0.3 is 29.5 Å². The number of cyclic esters (lactones) is 1. The van der Waals surface area contributed by atoms with E-state index in [1.54, 1.807) is 6.07 Å². The van der Waals surface area contributed by atoms with Gasteiger partial charge in [-0.05, 0) is 62.2 Å². The number of carbonyl (C=O) groups excluding carboxylic acids is 1. The van der Waals surface area contributed by atoms with Crippen molar-refractivity contribution in [2.45, 2.75) is 45.4 Å². The number of benzene rings is 3. The molecular formula is C32H36Cl2N2O5. The number of piperidine rings is 1. The molecule has 3 aromatic rings. The Bertz CT molecular complexity index is 1400. The largest absolute Gasteiger partial charge is 0.507 e. The van der Waals surface area contributed by atoms with Crippen LogP contribution in [-0.2, 0) is 22.7 Å². The SMILES string of the molecule is Cc1c(COc2cc(O)c(CN[C@H]3CCOC3=O)cc2Cl)cccc1-c1cccc(OCC2CCCN(C)C2)c1Cl. The van der Waals surface area contributed by atoms with Gasteiger partial charge in [0.05, 0.1) is 23.3 Å². The normalized spacial score (nSPS) is 19.3. The van der Waals surface area contributed by atoms with Crippen LogP contribution in [0, 0.1) is 12.8 Å². The lowest BCUT2D eigenvalue weighted by Gasteiger charge is -2.29. The van der Waals surface area contributed by atoms with E-state index in [4.69, 9.17) is 37.4 Å². The second-order valence-electron chi connectivity index (χ2n) is 10.9. The number of ether oxygens (including phenoxy) is 3. The molecule has 218 valence electrons. The molecule has 7 nitrogen and oxygen atoms in total. The standard InChI is InChI=1S/C32H36Cl2N2O5/c1-20-22(19-41-30-15-28(37)23(14-26(30)33)16-35-27-11-13-39-32(27)38)7-3-8-24(20)25-9-4-10-29(31(25)34)40-18-21-6-5-12-36(2)17-21/h3-4,7-10,14-15,21,27,35,37H,5-6,11-13,16-19H2,1-2H3/t21?,27-/m0/s1. The van der Waals surface area contributed by atoms with Gasteiger partial charge in [0.25, 0.3) is 0 Å². The lowest BCUT2D eigenvalue weighted by Crippen LogP contribution is -2.34. The highest BCUT2D eigenvalue weighted by atomic mass is 35.5. The summed E-state index contributed by atoms with van der Waals surface area (Å²) in [4.78, 5) is 14.0. The molecule has 0 aliphatic carbocycles. The average Bonchev–Trinajstić information content (AvgIpc) is 3.37. The molecular weight excluding hydrogens is 563 g/mol. The fraction of sp³-hybridized carbons (Fsp3) is 0.406. The van der Waals surface area contributed by atoms with Crippen molar-refractivity contribution in [2.75, 3.05) is 33.4 Å². The molecule has 9 heteroatoms. The van der Waals surface area contributed by atoms with Crippen molar-refractivity contribution in [1.82, 2.24) is 10.2 Å². The number of phenolic OH excluding ortho intramolecular Hbond substituents is 1. The molecule has 0 saturated carbocycles. The average molecular weight is 600 g/mol. The molecule has 5 rings (SSSR count). The lowest BCUT2D eigenvalue weighted by molar-refractivity contribution is -0.139. The Balaban J connectivity index is 1.26. The minimum Gasteiger partial charge on any atom is -0.507 e. The monoisotopic (exact) mass is 598 g/mol. The van der Waals surface area contributed by atoms with Crippen LogP contribution in [0.1, 0.15) is 36.0 Å². The summed E-state index contributed by atoms with van der Waals surface area (Å²) in [5.41, 5.74) is 4.48. The Morgan fingerprint density at radius 3 is 2.63 bits per heavy atom. The number of hydrogen-bond acceptors (Lipinski definition) is 7. The summed E-state index contributed by atoms with van der Waals surface area (Å²) in [7, 11) is 2.15. The van der Waals surface area contributed by atoms with E-state index in [9.17, 15) is 9.90 Å². The van der Waals surface area contributed by atoms with Gasteiger partial charge in [0.15, 0.2) is 0 Å². The first kappa shape index (κ1) is 29.5. The first-order chi connectivity index (χ1) is 19.8. The van der Waals surface area contributed by atoms with Crippen LogP contribution in [0.4, 0.5) is 0 Å². The molecule has 2 saturated heterocycles. The molecule has 41 heavy (non-hydrogen) atoms. The van der Waals surface area contributed by atoms with E-state index in [2.05, 4.69) is 17.3 Å². The number of aromatic hydroxyl groups is 1. The van der Waals surface area contributed by atoms with Gasteiger partial charge >= 0.3 is 5.97 Å². The summed E-state index contributed by atoms with van der Waals surface area (Å²) in [5, 5.41) is 14.6. The van der Waals surface area contributed by atoms with Crippen molar-refractivity contribution in [3.8, 4) is 28.4 Å². The van der Waals surface area contributed by atoms with Crippen LogP contribution in [0.25, 0.3) is 11.1 Å². The molecule has 2 N–H and O–H groups in total. The van der Waals surface area contributed by atoms with Crippen LogP contribution in [0.15, 0.2) is 48.5 Å². The molecule has 2 aliphatic heterocycles. The third-order valence-electron chi connectivity index (χ3n) is 7.89. The molecule has 0 aromatic heterocycles. The van der Waals surface area contributed by atoms with E-state index in [-0.39, 0.29) is 30.9 Å². The molecule has 2 aliphatic rings. The Morgan fingerprint density at radius 1 is 1.05 bits per heavy atom. The molecule has 0 spiro atoms. The van der Waals surface area contributed by atoms with E-state index in [0.717, 1.165) is 35.3 Å². The number of halogens is 2. The Hall–Kier alpha value is -2.97. The van der Waals surface area contributed by atoms with Gasteiger partial charge in [0, 0.05) is 42.6 Å². The predicted octanol–water partition coefficient (Wildman–Crippen LogP) is 6.38. The van der Waals surface area contributed by atoms with Crippen molar-refractivity contribution in [3.63, 3.8) is 0 Å². The topological polar surface area (TPSA) is 80.3 Å². The fourth-order valence-corrected chi connectivity index (χ4v) is 6.01. The molecule has 0 radical (unpaired) electrons. The summed E-state index contributed by atoms with van der Waals surface area (Å²) in [6.07, 6.45) is 2.96. The smallest absolute Gasteiger partial charge is 0.323 e. The summed E-state index contributed by atoms with van der Waals surface area (Å²) in [6.45, 7) is 5.81. The Morgan fingerprint density at radius 2 is 1.85 bits per heavy atom. The number of carbonyl (C=O) groups is 1. The van der Waals surface area contributed by atoms with Gasteiger partial charge in [-0.3, -0.25) is 4.79 Å². The van der Waals surface area contributed by atoms with Crippen molar-refractivity contribution in [3.05, 3.63) is 75.3 Å². The third-order valence-corrected chi connectivity index (χ3v) is 8.57. The number of hydrogen-bond donors (Lipinski definition) is 2. The zero-order valence-electron chi connectivity index (χ0n) is 23.4. The molecule has 0 bridgehead atoms. The second kappa shape index (κ2) is 13.3. The molecule has 2 heterocycles. The van der Waals surface area contributed by atoms with Crippen molar-refractivity contribution < 1.29 is 24.1 Å². The highest BCUT2D eigenvalue weighted by Crippen LogP contribution is 2.38. The summed E-state index contributed by atoms with van der Waals surface area (Å²) in [5.74, 6) is 1.33. The second-order valence-corrected chi connectivity index (χ2v) is 11.7. The van der Waals surface area contributed by atoms with Gasteiger partial charge in [-0.15, -0.1) is 0 Å². The quantitative estimate of drug-likeness (QED) is 0.262. The van der Waals surface area contributed by atoms with Gasteiger partial charge in [-0.1, -0.05) is 53.5 Å². The van der Waals surface area contributed by atoms with Crippen LogP contribution in [0.5, 0.6) is 17.2 Å². The van der Waals surface area contributed by atoms with Crippen LogP contribution in [0.3, 0.4) is 0 Å². The van der Waals surface area contributed by atoms with E-state index in [1.165, 1.54) is 18.9 Å². The highest BCUT2D eigenvalue weighted by molar-refractivity contribution is 6.35. The maximum absolute atomic E-state index is 11.7. The zero-order chi connectivity index (χ0) is 28.9. The molecule has 2 fully saturated rings. The van der Waals surface area contributed by atoms with Crippen LogP contribution in [-0.4, -0.2) is 55.4 Å². The van der Waals surface area contributed by atoms with E-state index in [0.29, 0.717) is 52.7 Å². The van der Waals surface area contributed by atoms with E-state index < -0.39 is 0 Å². The number of nitrogens with one attached hydrogen (secondary N) is 1. The number of rotatable bonds is 10. The highest BCUT2D eigenvalue weighted by Gasteiger charge is 2.26. The fourth-order valence-electron chi connectivity index (χ4n) is 5.48. The minimum atomic E-state index is -0.376. The minimum absolute atomic E-state index is 0.0391. The number of esters is 1. The Kier molecular flexibility index (Phi) is 9.60. The van der Waals surface area contributed by atoms with Crippen molar-refractivity contribution >= 4 is 29.2 Å². The van der Waals surface area contributed by atoms with E-state index >= 15 is 0 Å². The lowest BCUT2D eigenvalue weighted by atomic mass is 9.96. The van der Waals surface area contributed by atoms with Gasteiger partial charge in [0.2, 0.25) is 0 Å². The Labute approximate surface area is 251 Å². The first-order valence-electron chi connectivity index (χ1n) is 14.0. The van der Waals surface area contributed by atoms with Gasteiger partial charge in [-0.25, -0.2) is 0 Å². The van der Waals surface area contributed by atoms with Crippen molar-refractivity contribution in [1.29, 1.82) is 0 Å². The first-order valence-corrected chi connectivity index (χ1v) is 14.8. The van der Waals surface area contributed by atoms with Crippen molar-refractivity contribution in [2.24, 2.45) is 5.92 Å². The number of likely N-dealkylation sites (tertiary alicyclic amines) is 1. The molecule has 3 aromatic carbocycles.